The smallest absolute Gasteiger partial charge is 0.0456 e. The van der Waals surface area contributed by atoms with Crippen molar-refractivity contribution in [2.45, 2.75) is 24.8 Å². The number of hydrogen-bond donors (Lipinski definition) is 1. The van der Waals surface area contributed by atoms with Gasteiger partial charge in [0.05, 0.1) is 0 Å². The first-order chi connectivity index (χ1) is 6.18. The van der Waals surface area contributed by atoms with Gasteiger partial charge in [0.25, 0.3) is 0 Å². The molecule has 1 aromatic carbocycles. The van der Waals surface area contributed by atoms with Gasteiger partial charge in [-0.05, 0) is 30.5 Å². The fourth-order valence-electron chi connectivity index (χ4n) is 1.71. The van der Waals surface area contributed by atoms with Gasteiger partial charge in [0, 0.05) is 22.0 Å². The molecule has 1 aliphatic rings. The van der Waals surface area contributed by atoms with Crippen LogP contribution in [0.4, 0.5) is 0 Å². The summed E-state index contributed by atoms with van der Waals surface area (Å²) in [7, 11) is 0. The lowest BCUT2D eigenvalue weighted by atomic mass is 9.76. The minimum atomic E-state index is 0.277. The molecular weight excluding hydrogens is 205 g/mol. The molecule has 1 fully saturated rings. The molecule has 2 N–H and O–H groups in total. The standard InChI is InChI=1S/C10H11Cl2N/c11-6-1-2-7(9(12)5-6)8-3-4-10(8)13/h1-2,5,8,10H,3-4,13H2/t8-,10-/m1/s1. The number of rotatable bonds is 1. The Morgan fingerprint density at radius 3 is 2.46 bits per heavy atom. The van der Waals surface area contributed by atoms with E-state index < -0.39 is 0 Å². The summed E-state index contributed by atoms with van der Waals surface area (Å²) in [4.78, 5) is 0. The van der Waals surface area contributed by atoms with Crippen LogP contribution in [0, 0.1) is 0 Å². The zero-order valence-electron chi connectivity index (χ0n) is 7.13. The molecule has 2 atom stereocenters. The Morgan fingerprint density at radius 1 is 1.23 bits per heavy atom. The quantitative estimate of drug-likeness (QED) is 0.766. The normalized spacial score (nSPS) is 27.0. The molecule has 2 rings (SSSR count). The molecule has 1 aliphatic carbocycles. The summed E-state index contributed by atoms with van der Waals surface area (Å²) in [5.74, 6) is 0.435. The van der Waals surface area contributed by atoms with Crippen LogP contribution in [0.1, 0.15) is 24.3 Å². The van der Waals surface area contributed by atoms with Crippen LogP contribution in [0.5, 0.6) is 0 Å². The minimum absolute atomic E-state index is 0.277. The van der Waals surface area contributed by atoms with Crippen molar-refractivity contribution in [3.63, 3.8) is 0 Å². The monoisotopic (exact) mass is 215 g/mol. The van der Waals surface area contributed by atoms with Crippen molar-refractivity contribution in [2.24, 2.45) is 5.73 Å². The Morgan fingerprint density at radius 2 is 2.00 bits per heavy atom. The van der Waals surface area contributed by atoms with Crippen LogP contribution < -0.4 is 5.73 Å². The SMILES string of the molecule is N[C@@H]1CC[C@@H]1c1ccc(Cl)cc1Cl. The van der Waals surface area contributed by atoms with Crippen molar-refractivity contribution in [2.75, 3.05) is 0 Å². The molecule has 3 heteroatoms. The zero-order chi connectivity index (χ0) is 9.42. The second kappa shape index (κ2) is 3.49. The summed E-state index contributed by atoms with van der Waals surface area (Å²) in [5.41, 5.74) is 7.01. The molecule has 0 spiro atoms. The predicted octanol–water partition coefficient (Wildman–Crippen LogP) is 3.20. The largest absolute Gasteiger partial charge is 0.327 e. The Hall–Kier alpha value is -0.240. The number of benzene rings is 1. The lowest BCUT2D eigenvalue weighted by molar-refractivity contribution is 0.347. The highest BCUT2D eigenvalue weighted by Crippen LogP contribution is 2.39. The van der Waals surface area contributed by atoms with Crippen LogP contribution in [-0.4, -0.2) is 6.04 Å². The fraction of sp³-hybridized carbons (Fsp3) is 0.400. The number of hydrogen-bond acceptors (Lipinski definition) is 1. The van der Waals surface area contributed by atoms with E-state index in [2.05, 4.69) is 0 Å². The van der Waals surface area contributed by atoms with Gasteiger partial charge in [-0.3, -0.25) is 0 Å². The molecule has 0 heterocycles. The second-order valence-electron chi connectivity index (χ2n) is 3.51. The maximum absolute atomic E-state index is 6.06. The van der Waals surface area contributed by atoms with Crippen molar-refractivity contribution >= 4 is 23.2 Å². The highest BCUT2D eigenvalue weighted by atomic mass is 35.5. The molecule has 1 saturated carbocycles. The van der Waals surface area contributed by atoms with Gasteiger partial charge in [-0.2, -0.15) is 0 Å². The molecule has 0 bridgehead atoms. The topological polar surface area (TPSA) is 26.0 Å². The molecule has 1 aromatic rings. The summed E-state index contributed by atoms with van der Waals surface area (Å²) in [6, 6.07) is 5.91. The van der Waals surface area contributed by atoms with Crippen LogP contribution in [0.2, 0.25) is 10.0 Å². The minimum Gasteiger partial charge on any atom is -0.327 e. The third-order valence-corrected chi connectivity index (χ3v) is 3.25. The molecule has 1 nitrogen and oxygen atoms in total. The van der Waals surface area contributed by atoms with Crippen molar-refractivity contribution < 1.29 is 0 Å². The van der Waals surface area contributed by atoms with Gasteiger partial charge in [-0.15, -0.1) is 0 Å². The van der Waals surface area contributed by atoms with E-state index in [1.807, 2.05) is 12.1 Å². The van der Waals surface area contributed by atoms with Crippen molar-refractivity contribution in [1.82, 2.24) is 0 Å². The average Bonchev–Trinajstić information content (AvgIpc) is 2.07. The molecule has 0 aliphatic heterocycles. The van der Waals surface area contributed by atoms with Gasteiger partial charge < -0.3 is 5.73 Å². The lowest BCUT2D eigenvalue weighted by Crippen LogP contribution is -2.37. The van der Waals surface area contributed by atoms with E-state index >= 15 is 0 Å². The third kappa shape index (κ3) is 1.69. The maximum Gasteiger partial charge on any atom is 0.0456 e. The van der Waals surface area contributed by atoms with E-state index in [1.54, 1.807) is 6.07 Å². The van der Waals surface area contributed by atoms with Gasteiger partial charge in [-0.1, -0.05) is 29.3 Å². The fourth-order valence-corrected chi connectivity index (χ4v) is 2.26. The van der Waals surface area contributed by atoms with E-state index in [0.717, 1.165) is 23.4 Å². The first kappa shape index (κ1) is 9.32. The van der Waals surface area contributed by atoms with Crippen LogP contribution in [0.15, 0.2) is 18.2 Å². The van der Waals surface area contributed by atoms with Crippen molar-refractivity contribution in [3.8, 4) is 0 Å². The molecule has 13 heavy (non-hydrogen) atoms. The second-order valence-corrected chi connectivity index (χ2v) is 4.36. The van der Waals surface area contributed by atoms with Crippen LogP contribution in [0.25, 0.3) is 0 Å². The first-order valence-electron chi connectivity index (χ1n) is 4.39. The van der Waals surface area contributed by atoms with Crippen molar-refractivity contribution in [1.29, 1.82) is 0 Å². The molecule has 0 amide bonds. The summed E-state index contributed by atoms with van der Waals surface area (Å²) in [6.45, 7) is 0. The van der Waals surface area contributed by atoms with Gasteiger partial charge in [0.1, 0.15) is 0 Å². The molecule has 0 unspecified atom stereocenters. The predicted molar refractivity (Wildman–Crippen MR) is 56.4 cm³/mol. The van der Waals surface area contributed by atoms with Crippen molar-refractivity contribution in [3.05, 3.63) is 33.8 Å². The van der Waals surface area contributed by atoms with Crippen LogP contribution in [-0.2, 0) is 0 Å². The average molecular weight is 216 g/mol. The highest BCUT2D eigenvalue weighted by molar-refractivity contribution is 6.35. The van der Waals surface area contributed by atoms with E-state index in [1.165, 1.54) is 0 Å². The van der Waals surface area contributed by atoms with E-state index in [9.17, 15) is 0 Å². The van der Waals surface area contributed by atoms with Crippen LogP contribution in [0.3, 0.4) is 0 Å². The van der Waals surface area contributed by atoms with Gasteiger partial charge in [0.2, 0.25) is 0 Å². The van der Waals surface area contributed by atoms with E-state index in [-0.39, 0.29) is 6.04 Å². The van der Waals surface area contributed by atoms with Gasteiger partial charge in [0.15, 0.2) is 0 Å². The molecule has 0 saturated heterocycles. The van der Waals surface area contributed by atoms with Crippen LogP contribution >= 0.6 is 23.2 Å². The summed E-state index contributed by atoms with van der Waals surface area (Å²) in [5, 5.41) is 1.43. The Balaban J connectivity index is 2.30. The highest BCUT2D eigenvalue weighted by Gasteiger charge is 2.30. The molecule has 0 radical (unpaired) electrons. The Labute approximate surface area is 87.8 Å². The van der Waals surface area contributed by atoms with Gasteiger partial charge in [-0.25, -0.2) is 0 Å². The summed E-state index contributed by atoms with van der Waals surface area (Å²) < 4.78 is 0. The third-order valence-electron chi connectivity index (χ3n) is 2.69. The summed E-state index contributed by atoms with van der Waals surface area (Å²) in [6.07, 6.45) is 2.24. The Bertz CT molecular complexity index is 325. The van der Waals surface area contributed by atoms with E-state index in [0.29, 0.717) is 10.9 Å². The molecule has 0 aromatic heterocycles. The maximum atomic E-state index is 6.06. The molecular formula is C10H11Cl2N. The lowest BCUT2D eigenvalue weighted by Gasteiger charge is -2.34. The number of nitrogens with two attached hydrogens (primary N) is 1. The van der Waals surface area contributed by atoms with Gasteiger partial charge >= 0.3 is 0 Å². The summed E-state index contributed by atoms with van der Waals surface area (Å²) >= 11 is 11.9. The first-order valence-corrected chi connectivity index (χ1v) is 5.14. The number of halogens is 2. The van der Waals surface area contributed by atoms with E-state index in [4.69, 9.17) is 28.9 Å². The Kier molecular flexibility index (Phi) is 2.50. The molecule has 70 valence electrons. The zero-order valence-corrected chi connectivity index (χ0v) is 8.65.